The van der Waals surface area contributed by atoms with Gasteiger partial charge in [-0.15, -0.1) is 11.3 Å². The molecule has 1 rings (SSSR count). The molecule has 0 saturated heterocycles. The van der Waals surface area contributed by atoms with Crippen LogP contribution in [0, 0.1) is 0 Å². The minimum Gasteiger partial charge on any atom is -0.388 e. The van der Waals surface area contributed by atoms with Crippen molar-refractivity contribution >= 4 is 43.2 Å². The minimum absolute atomic E-state index is 0.180. The topological polar surface area (TPSA) is 29.5 Å². The van der Waals surface area contributed by atoms with E-state index in [0.717, 1.165) is 19.6 Å². The first-order valence-corrected chi connectivity index (χ1v) is 7.44. The summed E-state index contributed by atoms with van der Waals surface area (Å²) in [5, 5.41) is 10.1. The molecule has 0 amide bonds. The van der Waals surface area contributed by atoms with Gasteiger partial charge >= 0.3 is 0 Å². The first-order valence-electron chi connectivity index (χ1n) is 5.03. The predicted octanol–water partition coefficient (Wildman–Crippen LogP) is 4.51. The van der Waals surface area contributed by atoms with E-state index in [4.69, 9.17) is 4.74 Å². The Morgan fingerprint density at radius 1 is 1.50 bits per heavy atom. The summed E-state index contributed by atoms with van der Waals surface area (Å²) >= 11 is 8.44. The first-order chi connectivity index (χ1) is 7.35. The van der Waals surface area contributed by atoms with Gasteiger partial charge in [0.2, 0.25) is 0 Å². The van der Waals surface area contributed by atoms with Crippen LogP contribution in [0.2, 0.25) is 0 Å². The normalized spacial score (nSPS) is 14.1. The molecule has 0 saturated carbocycles. The third-order valence-corrected chi connectivity index (χ3v) is 5.00. The molecule has 0 aromatic carbocycles. The van der Waals surface area contributed by atoms with Crippen molar-refractivity contribution in [1.29, 1.82) is 0 Å². The molecular weight excluding hydrogens is 356 g/mol. The van der Waals surface area contributed by atoms with E-state index >= 15 is 0 Å². The van der Waals surface area contributed by atoms with Gasteiger partial charge in [0.05, 0.1) is 19.3 Å². The van der Waals surface area contributed by atoms with Gasteiger partial charge in [0.15, 0.2) is 0 Å². The lowest BCUT2D eigenvalue weighted by Gasteiger charge is -2.24. The van der Waals surface area contributed by atoms with Crippen LogP contribution in [0.25, 0.3) is 0 Å². The number of hydrogen-bond donors (Lipinski definition) is 1. The standard InChI is InChI=1S/C11H16Br2O2S/c1-11(2,15-3)5-4-8(14)7-6-9(12)16-10(7)13/h6,8,14H,4-5H2,1-3H3. The minimum atomic E-state index is -0.439. The SMILES string of the molecule is COC(C)(C)CCC(O)c1cc(Br)sc1Br. The molecule has 1 unspecified atom stereocenters. The van der Waals surface area contributed by atoms with Gasteiger partial charge in [0, 0.05) is 12.7 Å². The van der Waals surface area contributed by atoms with E-state index in [1.165, 1.54) is 0 Å². The second-order valence-corrected chi connectivity index (χ2v) is 8.05. The summed E-state index contributed by atoms with van der Waals surface area (Å²) in [6.45, 7) is 4.05. The lowest BCUT2D eigenvalue weighted by Crippen LogP contribution is -2.23. The van der Waals surface area contributed by atoms with Crippen molar-refractivity contribution in [1.82, 2.24) is 0 Å². The highest BCUT2D eigenvalue weighted by Gasteiger charge is 2.21. The van der Waals surface area contributed by atoms with Crippen LogP contribution in [0.5, 0.6) is 0 Å². The molecule has 16 heavy (non-hydrogen) atoms. The molecule has 5 heteroatoms. The maximum atomic E-state index is 10.1. The molecule has 0 bridgehead atoms. The van der Waals surface area contributed by atoms with E-state index in [1.807, 2.05) is 19.9 Å². The van der Waals surface area contributed by atoms with Gasteiger partial charge < -0.3 is 9.84 Å². The number of thiophene rings is 1. The van der Waals surface area contributed by atoms with E-state index in [-0.39, 0.29) is 5.60 Å². The van der Waals surface area contributed by atoms with Gasteiger partial charge in [-0.25, -0.2) is 0 Å². The summed E-state index contributed by atoms with van der Waals surface area (Å²) in [7, 11) is 1.70. The van der Waals surface area contributed by atoms with Crippen molar-refractivity contribution in [3.8, 4) is 0 Å². The van der Waals surface area contributed by atoms with Crippen molar-refractivity contribution in [3.63, 3.8) is 0 Å². The molecule has 1 aromatic heterocycles. The number of methoxy groups -OCH3 is 1. The second-order valence-electron chi connectivity index (χ2n) is 4.30. The number of rotatable bonds is 5. The van der Waals surface area contributed by atoms with Crippen molar-refractivity contribution < 1.29 is 9.84 Å². The molecule has 0 aliphatic heterocycles. The zero-order valence-corrected chi connectivity index (χ0v) is 13.6. The number of ether oxygens (including phenoxy) is 1. The Kier molecular flexibility index (Phi) is 5.45. The number of aliphatic hydroxyl groups excluding tert-OH is 1. The quantitative estimate of drug-likeness (QED) is 0.824. The molecule has 1 heterocycles. The van der Waals surface area contributed by atoms with E-state index in [1.54, 1.807) is 18.4 Å². The summed E-state index contributed by atoms with van der Waals surface area (Å²) in [4.78, 5) is 0. The van der Waals surface area contributed by atoms with Crippen LogP contribution in [-0.2, 0) is 4.74 Å². The molecule has 0 fully saturated rings. The highest BCUT2D eigenvalue weighted by molar-refractivity contribution is 9.12. The van der Waals surface area contributed by atoms with Crippen LogP contribution >= 0.6 is 43.2 Å². The highest BCUT2D eigenvalue weighted by atomic mass is 79.9. The van der Waals surface area contributed by atoms with Crippen LogP contribution in [0.3, 0.4) is 0 Å². The average molecular weight is 372 g/mol. The fraction of sp³-hybridized carbons (Fsp3) is 0.636. The summed E-state index contributed by atoms with van der Waals surface area (Å²) in [5.41, 5.74) is 0.768. The summed E-state index contributed by atoms with van der Waals surface area (Å²) in [6.07, 6.45) is 1.08. The Hall–Kier alpha value is 0.580. The van der Waals surface area contributed by atoms with Crippen LogP contribution in [0.15, 0.2) is 13.6 Å². The van der Waals surface area contributed by atoms with E-state index in [9.17, 15) is 5.11 Å². The van der Waals surface area contributed by atoms with Crippen LogP contribution in [0.4, 0.5) is 0 Å². The molecule has 1 N–H and O–H groups in total. The Morgan fingerprint density at radius 3 is 2.56 bits per heavy atom. The fourth-order valence-electron chi connectivity index (χ4n) is 1.32. The van der Waals surface area contributed by atoms with Gasteiger partial charge in [0.1, 0.15) is 0 Å². The van der Waals surface area contributed by atoms with E-state index in [0.29, 0.717) is 6.42 Å². The van der Waals surface area contributed by atoms with E-state index < -0.39 is 6.10 Å². The molecule has 1 atom stereocenters. The van der Waals surface area contributed by atoms with Gasteiger partial charge in [-0.05, 0) is 64.6 Å². The maximum absolute atomic E-state index is 10.1. The maximum Gasteiger partial charge on any atom is 0.0810 e. The molecular formula is C11H16Br2O2S. The third kappa shape index (κ3) is 4.11. The van der Waals surface area contributed by atoms with Crippen LogP contribution in [0.1, 0.15) is 38.4 Å². The fourth-order valence-corrected chi connectivity index (χ4v) is 4.28. The third-order valence-electron chi connectivity index (χ3n) is 2.61. The summed E-state index contributed by atoms with van der Waals surface area (Å²) in [5.74, 6) is 0. The van der Waals surface area contributed by atoms with Gasteiger partial charge in [-0.2, -0.15) is 0 Å². The zero-order chi connectivity index (χ0) is 12.3. The number of halogens is 2. The van der Waals surface area contributed by atoms with Crippen LogP contribution in [-0.4, -0.2) is 17.8 Å². The lowest BCUT2D eigenvalue weighted by molar-refractivity contribution is 0.00277. The molecule has 0 radical (unpaired) electrons. The Bertz CT molecular complexity index is 350. The smallest absolute Gasteiger partial charge is 0.0810 e. The molecule has 0 aliphatic carbocycles. The highest BCUT2D eigenvalue weighted by Crippen LogP contribution is 2.37. The number of aliphatic hydroxyl groups is 1. The first kappa shape index (κ1) is 14.6. The second kappa shape index (κ2) is 5.96. The molecule has 2 nitrogen and oxygen atoms in total. The number of hydrogen-bond acceptors (Lipinski definition) is 3. The summed E-state index contributed by atoms with van der Waals surface area (Å²) in [6, 6.07) is 1.96. The largest absolute Gasteiger partial charge is 0.388 e. The monoisotopic (exact) mass is 370 g/mol. The Morgan fingerprint density at radius 2 is 2.12 bits per heavy atom. The van der Waals surface area contributed by atoms with Crippen molar-refractivity contribution in [3.05, 3.63) is 19.2 Å². The van der Waals surface area contributed by atoms with Gasteiger partial charge in [0.25, 0.3) is 0 Å². The Labute approximate surface area is 117 Å². The van der Waals surface area contributed by atoms with Gasteiger partial charge in [-0.3, -0.25) is 0 Å². The molecule has 1 aromatic rings. The molecule has 0 spiro atoms. The summed E-state index contributed by atoms with van der Waals surface area (Å²) < 4.78 is 7.35. The lowest BCUT2D eigenvalue weighted by atomic mass is 9.98. The predicted molar refractivity (Wildman–Crippen MR) is 75.0 cm³/mol. The van der Waals surface area contributed by atoms with Crippen LogP contribution < -0.4 is 0 Å². The zero-order valence-electron chi connectivity index (χ0n) is 9.59. The average Bonchev–Trinajstić information content (AvgIpc) is 2.54. The Balaban J connectivity index is 2.59. The molecule has 92 valence electrons. The van der Waals surface area contributed by atoms with Crippen molar-refractivity contribution in [2.24, 2.45) is 0 Å². The van der Waals surface area contributed by atoms with E-state index in [2.05, 4.69) is 31.9 Å². The van der Waals surface area contributed by atoms with Crippen molar-refractivity contribution in [2.45, 2.75) is 38.4 Å². The van der Waals surface area contributed by atoms with Gasteiger partial charge in [-0.1, -0.05) is 0 Å². The molecule has 0 aliphatic rings. The van der Waals surface area contributed by atoms with Crippen molar-refractivity contribution in [2.75, 3.05) is 7.11 Å².